The Labute approximate surface area is 166 Å². The first-order valence-electron chi connectivity index (χ1n) is 7.80. The predicted molar refractivity (Wildman–Crippen MR) is 108 cm³/mol. The van der Waals surface area contributed by atoms with Gasteiger partial charge in [-0.3, -0.25) is 4.79 Å². The van der Waals surface area contributed by atoms with Crippen molar-refractivity contribution in [2.45, 2.75) is 19.3 Å². The molecule has 3 rings (SSSR count). The largest absolute Gasteiger partial charge is 0.289 e. The molecule has 1 saturated carbocycles. The highest BCUT2D eigenvalue weighted by molar-refractivity contribution is 6.42. The van der Waals surface area contributed by atoms with E-state index in [1.54, 1.807) is 24.3 Å². The molecule has 1 nitrogen and oxygen atoms in total. The molecule has 0 unspecified atom stereocenters. The van der Waals surface area contributed by atoms with Crippen LogP contribution in [0.1, 0.15) is 30.4 Å². The fourth-order valence-electron chi connectivity index (χ4n) is 2.78. The predicted octanol–water partition coefficient (Wildman–Crippen LogP) is 7.52. The summed E-state index contributed by atoms with van der Waals surface area (Å²) in [5.74, 6) is 0.0587. The average Bonchev–Trinajstić information content (AvgIpc) is 2.58. The number of hydrogen-bond acceptors (Lipinski definition) is 1. The molecule has 0 aromatic heterocycles. The first-order chi connectivity index (χ1) is 11.9. The Hall–Kier alpha value is -1.25. The molecule has 0 N–H and O–H groups in total. The monoisotopic (exact) mass is 410 g/mol. The Morgan fingerprint density at radius 2 is 1.12 bits per heavy atom. The van der Waals surface area contributed by atoms with Gasteiger partial charge in [-0.1, -0.05) is 58.5 Å². The summed E-state index contributed by atoms with van der Waals surface area (Å²) in [4.78, 5) is 12.8. The summed E-state index contributed by atoms with van der Waals surface area (Å²) in [6.07, 6.45) is 6.18. The molecule has 0 spiro atoms. The van der Waals surface area contributed by atoms with Gasteiger partial charge in [-0.15, -0.1) is 0 Å². The third-order valence-corrected chi connectivity index (χ3v) is 5.52. The van der Waals surface area contributed by atoms with Gasteiger partial charge in [-0.2, -0.15) is 0 Å². The molecule has 128 valence electrons. The van der Waals surface area contributed by atoms with Crippen LogP contribution in [-0.2, 0) is 4.79 Å². The number of Topliss-reactive ketones (excluding diaryl/α,β-unsaturated/α-hetero) is 1. The minimum Gasteiger partial charge on any atom is -0.289 e. The lowest BCUT2D eigenvalue weighted by atomic mass is 9.87. The normalized spacial score (nSPS) is 18.2. The van der Waals surface area contributed by atoms with Crippen LogP contribution in [0.25, 0.3) is 12.2 Å². The number of allylic oxidation sites excluding steroid dienone is 2. The summed E-state index contributed by atoms with van der Waals surface area (Å²) in [5.41, 5.74) is 3.29. The van der Waals surface area contributed by atoms with Crippen molar-refractivity contribution >= 4 is 64.3 Å². The minimum atomic E-state index is 0.0587. The standard InChI is InChI=1S/C20H14Cl4O/c21-16-6-4-12(10-18(16)23)8-14-2-1-3-15(20(14)25)9-13-5-7-17(22)19(24)11-13/h4-11H,1-3H2. The molecular weight excluding hydrogens is 398 g/mol. The van der Waals surface area contributed by atoms with E-state index in [-0.39, 0.29) is 5.78 Å². The summed E-state index contributed by atoms with van der Waals surface area (Å²) < 4.78 is 0. The maximum atomic E-state index is 12.8. The van der Waals surface area contributed by atoms with Crippen molar-refractivity contribution in [1.29, 1.82) is 0 Å². The van der Waals surface area contributed by atoms with Crippen LogP contribution in [0.2, 0.25) is 20.1 Å². The summed E-state index contributed by atoms with van der Waals surface area (Å²) in [5, 5.41) is 1.95. The van der Waals surface area contributed by atoms with Crippen molar-refractivity contribution in [2.75, 3.05) is 0 Å². The van der Waals surface area contributed by atoms with Crippen molar-refractivity contribution in [3.63, 3.8) is 0 Å². The van der Waals surface area contributed by atoms with Crippen LogP contribution in [0.4, 0.5) is 0 Å². The zero-order valence-electron chi connectivity index (χ0n) is 13.2. The molecule has 1 fully saturated rings. The molecule has 0 bridgehead atoms. The summed E-state index contributed by atoms with van der Waals surface area (Å²) in [6, 6.07) is 10.7. The van der Waals surface area contributed by atoms with Crippen LogP contribution in [0.3, 0.4) is 0 Å². The molecule has 25 heavy (non-hydrogen) atoms. The van der Waals surface area contributed by atoms with Crippen molar-refractivity contribution in [1.82, 2.24) is 0 Å². The Bertz CT molecular complexity index is 825. The highest BCUT2D eigenvalue weighted by Gasteiger charge is 2.20. The van der Waals surface area contributed by atoms with Crippen molar-refractivity contribution in [2.24, 2.45) is 0 Å². The lowest BCUT2D eigenvalue weighted by Crippen LogP contribution is -2.12. The number of carbonyl (C=O) groups is 1. The second-order valence-electron chi connectivity index (χ2n) is 5.87. The molecule has 0 amide bonds. The maximum Gasteiger partial charge on any atom is 0.185 e. The van der Waals surface area contributed by atoms with Crippen LogP contribution in [-0.4, -0.2) is 5.78 Å². The molecule has 1 aliphatic rings. The first-order valence-corrected chi connectivity index (χ1v) is 9.31. The number of halogens is 4. The minimum absolute atomic E-state index is 0.0587. The highest BCUT2D eigenvalue weighted by Crippen LogP contribution is 2.31. The van der Waals surface area contributed by atoms with E-state index in [9.17, 15) is 4.79 Å². The maximum absolute atomic E-state index is 12.8. The zero-order valence-corrected chi connectivity index (χ0v) is 16.2. The number of carbonyl (C=O) groups excluding carboxylic acids is 1. The van der Waals surface area contributed by atoms with Gasteiger partial charge in [0.25, 0.3) is 0 Å². The van der Waals surface area contributed by atoms with Crippen LogP contribution in [0.5, 0.6) is 0 Å². The average molecular weight is 412 g/mol. The van der Waals surface area contributed by atoms with E-state index >= 15 is 0 Å². The van der Waals surface area contributed by atoms with Crippen LogP contribution in [0, 0.1) is 0 Å². The molecular formula is C20H14Cl4O. The van der Waals surface area contributed by atoms with Gasteiger partial charge in [0.2, 0.25) is 0 Å². The fraction of sp³-hybridized carbons (Fsp3) is 0.150. The molecule has 0 atom stereocenters. The fourth-order valence-corrected chi connectivity index (χ4v) is 3.40. The van der Waals surface area contributed by atoms with E-state index in [0.717, 1.165) is 41.5 Å². The first kappa shape index (κ1) is 18.5. The summed E-state index contributed by atoms with van der Waals surface area (Å²) in [6.45, 7) is 0. The lowest BCUT2D eigenvalue weighted by Gasteiger charge is -2.17. The topological polar surface area (TPSA) is 17.1 Å². The molecule has 0 heterocycles. The van der Waals surface area contributed by atoms with Gasteiger partial charge in [0.05, 0.1) is 20.1 Å². The molecule has 5 heteroatoms. The van der Waals surface area contributed by atoms with Crippen molar-refractivity contribution in [3.05, 3.63) is 78.8 Å². The Kier molecular flexibility index (Phi) is 5.91. The molecule has 0 radical (unpaired) electrons. The van der Waals surface area contributed by atoms with Gasteiger partial charge in [0.1, 0.15) is 0 Å². The molecule has 2 aromatic rings. The van der Waals surface area contributed by atoms with Gasteiger partial charge in [0, 0.05) is 11.1 Å². The Balaban J connectivity index is 1.89. The summed E-state index contributed by atoms with van der Waals surface area (Å²) >= 11 is 24.0. The smallest absolute Gasteiger partial charge is 0.185 e. The summed E-state index contributed by atoms with van der Waals surface area (Å²) in [7, 11) is 0. The van der Waals surface area contributed by atoms with Crippen molar-refractivity contribution < 1.29 is 4.79 Å². The van der Waals surface area contributed by atoms with Crippen LogP contribution in [0.15, 0.2) is 47.5 Å². The number of benzene rings is 2. The van der Waals surface area contributed by atoms with Crippen LogP contribution < -0.4 is 0 Å². The second-order valence-corrected chi connectivity index (χ2v) is 7.50. The van der Waals surface area contributed by atoms with Crippen molar-refractivity contribution in [3.8, 4) is 0 Å². The van der Waals surface area contributed by atoms with Gasteiger partial charge < -0.3 is 0 Å². The molecule has 0 aliphatic heterocycles. The Morgan fingerprint density at radius 1 is 0.680 bits per heavy atom. The molecule has 0 saturated heterocycles. The quantitative estimate of drug-likeness (QED) is 0.467. The number of rotatable bonds is 2. The van der Waals surface area contributed by atoms with Gasteiger partial charge >= 0.3 is 0 Å². The van der Waals surface area contributed by atoms with E-state index in [1.165, 1.54) is 0 Å². The third-order valence-electron chi connectivity index (χ3n) is 4.04. The number of ketones is 1. The molecule has 2 aromatic carbocycles. The van der Waals surface area contributed by atoms with E-state index in [2.05, 4.69) is 0 Å². The van der Waals surface area contributed by atoms with E-state index in [4.69, 9.17) is 46.4 Å². The van der Waals surface area contributed by atoms with Gasteiger partial charge in [0.15, 0.2) is 5.78 Å². The SMILES string of the molecule is O=C1C(=Cc2ccc(Cl)c(Cl)c2)CCCC1=Cc1ccc(Cl)c(Cl)c1. The number of hydrogen-bond donors (Lipinski definition) is 0. The van der Waals surface area contributed by atoms with E-state index in [1.807, 2.05) is 24.3 Å². The van der Waals surface area contributed by atoms with E-state index in [0.29, 0.717) is 20.1 Å². The Morgan fingerprint density at radius 3 is 1.52 bits per heavy atom. The highest BCUT2D eigenvalue weighted by atomic mass is 35.5. The van der Waals surface area contributed by atoms with Crippen LogP contribution >= 0.6 is 46.4 Å². The third kappa shape index (κ3) is 4.48. The van der Waals surface area contributed by atoms with Gasteiger partial charge in [-0.05, 0) is 66.8 Å². The second kappa shape index (κ2) is 7.97. The zero-order chi connectivity index (χ0) is 18.0. The van der Waals surface area contributed by atoms with Gasteiger partial charge in [-0.25, -0.2) is 0 Å². The lowest BCUT2D eigenvalue weighted by molar-refractivity contribution is -0.112. The molecule has 1 aliphatic carbocycles. The van der Waals surface area contributed by atoms with E-state index < -0.39 is 0 Å².